The third-order valence-corrected chi connectivity index (χ3v) is 8.99. The smallest absolute Gasteiger partial charge is 0.312 e. The molecule has 3 amide bonds. The van der Waals surface area contributed by atoms with E-state index in [0.717, 1.165) is 18.8 Å². The Morgan fingerprint density at radius 1 is 1.18 bits per heavy atom. The number of β-amino-alcohol motifs (C(OH)–C–C–N with tert-alkyl or cyclic N) is 1. The standard InChI is InChI=1S/C33H46N4O7/c1-6-10-11-26(39)34-21-22(5)43-32(42)27-25-16-17-33(44-25)28(27)30(40)37(19-20-38)29(33)31(41)36(18-7-2)24-14-12-23(13-15-24)35(8-3)9-4/h6-7,12-15,22,25,27-29,38H,1-2,8-11,16-21H2,3-5H3,(H,34,39)/t22-,25-,27+,28+,29-,33+/m1/s1. The number of carbonyl (C=O) groups is 4. The number of esters is 1. The number of anilines is 2. The van der Waals surface area contributed by atoms with E-state index in [-0.39, 0.29) is 38.1 Å². The molecule has 44 heavy (non-hydrogen) atoms. The molecule has 3 saturated heterocycles. The van der Waals surface area contributed by atoms with Crippen molar-refractivity contribution in [1.82, 2.24) is 10.2 Å². The molecule has 0 saturated carbocycles. The maximum absolute atomic E-state index is 14.5. The maximum Gasteiger partial charge on any atom is 0.312 e. The number of rotatable bonds is 16. The first-order chi connectivity index (χ1) is 21.2. The van der Waals surface area contributed by atoms with Crippen LogP contribution in [0.3, 0.4) is 0 Å². The number of fused-ring (bicyclic) bond motifs is 1. The van der Waals surface area contributed by atoms with Crippen LogP contribution in [0.5, 0.6) is 0 Å². The predicted octanol–water partition coefficient (Wildman–Crippen LogP) is 2.43. The van der Waals surface area contributed by atoms with Crippen molar-refractivity contribution in [2.24, 2.45) is 11.8 Å². The van der Waals surface area contributed by atoms with Gasteiger partial charge >= 0.3 is 5.97 Å². The quantitative estimate of drug-likeness (QED) is 0.216. The molecule has 3 fully saturated rings. The molecule has 2 N–H and O–H groups in total. The number of hydrogen-bond donors (Lipinski definition) is 2. The second-order valence-electron chi connectivity index (χ2n) is 11.6. The Bertz CT molecular complexity index is 1230. The van der Waals surface area contributed by atoms with Crippen molar-refractivity contribution in [3.63, 3.8) is 0 Å². The van der Waals surface area contributed by atoms with Crippen molar-refractivity contribution in [3.05, 3.63) is 49.6 Å². The largest absolute Gasteiger partial charge is 0.460 e. The summed E-state index contributed by atoms with van der Waals surface area (Å²) in [6.07, 6.45) is 3.84. The number of ether oxygens (including phenoxy) is 2. The van der Waals surface area contributed by atoms with Crippen LogP contribution in [-0.4, -0.2) is 96.9 Å². The van der Waals surface area contributed by atoms with E-state index in [0.29, 0.717) is 31.4 Å². The summed E-state index contributed by atoms with van der Waals surface area (Å²) in [5, 5.41) is 12.6. The second-order valence-corrected chi connectivity index (χ2v) is 11.6. The van der Waals surface area contributed by atoms with Gasteiger partial charge in [0.05, 0.1) is 31.1 Å². The molecule has 6 atom stereocenters. The van der Waals surface area contributed by atoms with Gasteiger partial charge in [-0.1, -0.05) is 12.2 Å². The average Bonchev–Trinajstić information content (AvgIpc) is 3.66. The van der Waals surface area contributed by atoms with Crippen LogP contribution in [-0.2, 0) is 28.7 Å². The lowest BCUT2D eigenvalue weighted by Gasteiger charge is -2.36. The fourth-order valence-corrected chi connectivity index (χ4v) is 6.98. The number of carbonyl (C=O) groups excluding carboxylic acids is 4. The summed E-state index contributed by atoms with van der Waals surface area (Å²) in [6.45, 7) is 14.9. The second kappa shape index (κ2) is 14.4. The highest BCUT2D eigenvalue weighted by atomic mass is 16.6. The molecule has 0 unspecified atom stereocenters. The van der Waals surface area contributed by atoms with Gasteiger partial charge in [0.15, 0.2) is 0 Å². The van der Waals surface area contributed by atoms with Gasteiger partial charge in [-0.3, -0.25) is 19.2 Å². The van der Waals surface area contributed by atoms with E-state index >= 15 is 0 Å². The van der Waals surface area contributed by atoms with Crippen LogP contribution in [0.2, 0.25) is 0 Å². The summed E-state index contributed by atoms with van der Waals surface area (Å²) in [5.41, 5.74) is 0.459. The number of aliphatic hydroxyl groups is 1. The molecule has 11 nitrogen and oxygen atoms in total. The van der Waals surface area contributed by atoms with Crippen LogP contribution in [0.1, 0.15) is 46.5 Å². The Labute approximate surface area is 259 Å². The number of hydrogen-bond acceptors (Lipinski definition) is 8. The van der Waals surface area contributed by atoms with Crippen LogP contribution < -0.4 is 15.1 Å². The SMILES string of the molecule is C=CCCC(=O)NC[C@@H](C)OC(=O)[C@@H]1[C@H]2C(=O)N(CCO)[C@H](C(=O)N(CC=C)c3ccc(N(CC)CC)cc3)[C@]23CC[C@H]1O3. The summed E-state index contributed by atoms with van der Waals surface area (Å²) < 4.78 is 12.2. The maximum atomic E-state index is 14.5. The van der Waals surface area contributed by atoms with E-state index in [1.54, 1.807) is 24.0 Å². The van der Waals surface area contributed by atoms with E-state index in [2.05, 4.69) is 37.2 Å². The number of aliphatic hydroxyl groups excluding tert-OH is 1. The third-order valence-electron chi connectivity index (χ3n) is 8.99. The monoisotopic (exact) mass is 610 g/mol. The fraction of sp³-hybridized carbons (Fsp3) is 0.576. The first kappa shape index (κ1) is 33.2. The Hall–Kier alpha value is -3.70. The minimum Gasteiger partial charge on any atom is -0.460 e. The summed E-state index contributed by atoms with van der Waals surface area (Å²) in [5.74, 6) is -3.32. The predicted molar refractivity (Wildman–Crippen MR) is 167 cm³/mol. The van der Waals surface area contributed by atoms with Gasteiger partial charge in [0.2, 0.25) is 11.8 Å². The van der Waals surface area contributed by atoms with Crippen LogP contribution in [0.4, 0.5) is 11.4 Å². The summed E-state index contributed by atoms with van der Waals surface area (Å²) in [4.78, 5) is 59.1. The molecule has 240 valence electrons. The van der Waals surface area contributed by atoms with Gasteiger partial charge in [0.1, 0.15) is 17.7 Å². The van der Waals surface area contributed by atoms with Crippen LogP contribution >= 0.6 is 0 Å². The average molecular weight is 611 g/mol. The van der Waals surface area contributed by atoms with E-state index in [1.807, 2.05) is 24.3 Å². The van der Waals surface area contributed by atoms with E-state index in [4.69, 9.17) is 9.47 Å². The Morgan fingerprint density at radius 3 is 2.48 bits per heavy atom. The third kappa shape index (κ3) is 6.25. The first-order valence-corrected chi connectivity index (χ1v) is 15.6. The van der Waals surface area contributed by atoms with Crippen LogP contribution in [0.15, 0.2) is 49.6 Å². The number of allylic oxidation sites excluding steroid dienone is 1. The van der Waals surface area contributed by atoms with Gasteiger partial charge in [-0.15, -0.1) is 13.2 Å². The molecule has 11 heteroatoms. The molecule has 3 aliphatic heterocycles. The Balaban J connectivity index is 1.58. The number of benzene rings is 1. The molecule has 4 rings (SSSR count). The number of amides is 3. The molecule has 0 radical (unpaired) electrons. The lowest BCUT2D eigenvalue weighted by Crippen LogP contribution is -2.56. The van der Waals surface area contributed by atoms with Crippen LogP contribution in [0.25, 0.3) is 0 Å². The van der Waals surface area contributed by atoms with E-state index < -0.39 is 47.6 Å². The summed E-state index contributed by atoms with van der Waals surface area (Å²) in [7, 11) is 0. The van der Waals surface area contributed by atoms with Crippen molar-refractivity contribution in [2.75, 3.05) is 49.1 Å². The first-order valence-electron chi connectivity index (χ1n) is 15.6. The zero-order valence-electron chi connectivity index (χ0n) is 26.1. The van der Waals surface area contributed by atoms with Crippen molar-refractivity contribution in [2.45, 2.75) is 70.3 Å². The topological polar surface area (TPSA) is 129 Å². The summed E-state index contributed by atoms with van der Waals surface area (Å²) >= 11 is 0. The van der Waals surface area contributed by atoms with Gasteiger partial charge in [-0.2, -0.15) is 0 Å². The van der Waals surface area contributed by atoms with Gasteiger partial charge in [0.25, 0.3) is 5.91 Å². The van der Waals surface area contributed by atoms with E-state index in [1.165, 1.54) is 4.90 Å². The molecule has 1 aromatic carbocycles. The van der Waals surface area contributed by atoms with Crippen molar-refractivity contribution in [1.29, 1.82) is 0 Å². The van der Waals surface area contributed by atoms with Crippen molar-refractivity contribution < 1.29 is 33.8 Å². The van der Waals surface area contributed by atoms with Crippen molar-refractivity contribution in [3.8, 4) is 0 Å². The minimum atomic E-state index is -1.22. The highest BCUT2D eigenvalue weighted by Crippen LogP contribution is 2.58. The molecular weight excluding hydrogens is 564 g/mol. The molecule has 3 heterocycles. The van der Waals surface area contributed by atoms with E-state index in [9.17, 15) is 24.3 Å². The fourth-order valence-electron chi connectivity index (χ4n) is 6.98. The molecule has 2 bridgehead atoms. The molecule has 1 spiro atoms. The molecule has 3 aliphatic rings. The normalized spacial score (nSPS) is 25.7. The van der Waals surface area contributed by atoms with Gasteiger partial charge in [0, 0.05) is 44.0 Å². The van der Waals surface area contributed by atoms with Gasteiger partial charge in [-0.25, -0.2) is 0 Å². The Morgan fingerprint density at radius 2 is 1.86 bits per heavy atom. The van der Waals surface area contributed by atoms with Gasteiger partial charge in [-0.05, 0) is 64.3 Å². The van der Waals surface area contributed by atoms with Crippen LogP contribution in [0, 0.1) is 11.8 Å². The minimum absolute atomic E-state index is 0.0702. The molecular formula is C33H46N4O7. The summed E-state index contributed by atoms with van der Waals surface area (Å²) in [6, 6.07) is 6.65. The lowest BCUT2D eigenvalue weighted by atomic mass is 9.70. The Kier molecular flexibility index (Phi) is 10.9. The highest BCUT2D eigenvalue weighted by molar-refractivity contribution is 6.04. The number of likely N-dealkylation sites (tertiary alicyclic amines) is 1. The highest BCUT2D eigenvalue weighted by Gasteiger charge is 2.75. The number of nitrogens with one attached hydrogen (secondary N) is 1. The zero-order chi connectivity index (χ0) is 32.0. The lowest BCUT2D eigenvalue weighted by molar-refractivity contribution is -0.159. The van der Waals surface area contributed by atoms with Gasteiger partial charge < -0.3 is 34.6 Å². The molecule has 0 aromatic heterocycles. The molecule has 0 aliphatic carbocycles. The number of nitrogens with zero attached hydrogens (tertiary/aromatic N) is 3. The zero-order valence-corrected chi connectivity index (χ0v) is 26.1. The van der Waals surface area contributed by atoms with Crippen molar-refractivity contribution >= 4 is 35.1 Å². The molecule has 1 aromatic rings.